The number of piperidine rings is 1. The molecule has 1 N–H and O–H groups in total. The Kier molecular flexibility index (Phi) is 7.69. The summed E-state index contributed by atoms with van der Waals surface area (Å²) in [5, 5.41) is 12.2. The van der Waals surface area contributed by atoms with Crippen LogP contribution in [-0.4, -0.2) is 102 Å². The van der Waals surface area contributed by atoms with E-state index in [9.17, 15) is 9.50 Å². The molecule has 3 saturated heterocycles. The van der Waals surface area contributed by atoms with E-state index in [-0.39, 0.29) is 39.8 Å². The molecule has 4 aliphatic rings. The zero-order valence-electron chi connectivity index (χ0n) is 27.2. The summed E-state index contributed by atoms with van der Waals surface area (Å²) in [4.78, 5) is 21.2. The number of benzene rings is 2. The molecule has 2 aromatic carbocycles. The summed E-state index contributed by atoms with van der Waals surface area (Å²) in [6.45, 7) is 9.66. The van der Waals surface area contributed by atoms with E-state index in [1.54, 1.807) is 18.3 Å². The number of hydrogen-bond donors (Lipinski definition) is 1. The molecule has 248 valence electrons. The van der Waals surface area contributed by atoms with Gasteiger partial charge in [-0.05, 0) is 73.7 Å². The maximum atomic E-state index is 16.9. The van der Waals surface area contributed by atoms with E-state index in [1.165, 1.54) is 12.1 Å². The molecule has 0 amide bonds. The van der Waals surface area contributed by atoms with E-state index < -0.39 is 5.82 Å². The standard InChI is InChI=1S/C36H42F2N6O3/c1-3-25-28(37)6-5-23-17-24(45)18-26(29(23)25)31-30(38)32-27(19-39-31)33(44-11-4-7-36(21-44)10-16-47-36)41-34(40-32)46-22-35(8-9-35)20-43-14-12-42(2)13-15-43/h5-6,17-19,45H,3-4,7-16,20-22H2,1-2H3/t36-/m0/s1. The molecule has 0 unspecified atom stereocenters. The van der Waals surface area contributed by atoms with Crippen molar-refractivity contribution in [3.63, 3.8) is 0 Å². The van der Waals surface area contributed by atoms with Crippen LogP contribution in [0.15, 0.2) is 30.5 Å². The molecule has 1 saturated carbocycles. The predicted molar refractivity (Wildman–Crippen MR) is 177 cm³/mol. The molecule has 5 heterocycles. The van der Waals surface area contributed by atoms with Gasteiger partial charge in [-0.2, -0.15) is 9.97 Å². The van der Waals surface area contributed by atoms with Crippen molar-refractivity contribution in [2.45, 2.75) is 51.0 Å². The van der Waals surface area contributed by atoms with Crippen LogP contribution >= 0.6 is 0 Å². The number of halogens is 2. The van der Waals surface area contributed by atoms with E-state index in [0.717, 1.165) is 78.0 Å². The molecule has 1 spiro atoms. The number of fused-ring (bicyclic) bond motifs is 2. The number of likely N-dealkylation sites (N-methyl/N-ethyl adjacent to an activating group) is 1. The van der Waals surface area contributed by atoms with Crippen LogP contribution in [0.1, 0.15) is 44.6 Å². The molecule has 47 heavy (non-hydrogen) atoms. The van der Waals surface area contributed by atoms with Crippen molar-refractivity contribution in [3.8, 4) is 23.0 Å². The van der Waals surface area contributed by atoms with Gasteiger partial charge in [0.05, 0.1) is 24.2 Å². The summed E-state index contributed by atoms with van der Waals surface area (Å²) in [5.74, 6) is -0.498. The van der Waals surface area contributed by atoms with Gasteiger partial charge in [-0.1, -0.05) is 13.0 Å². The second-order valence-corrected chi connectivity index (χ2v) is 14.2. The minimum atomic E-state index is -0.653. The number of phenols is 1. The largest absolute Gasteiger partial charge is 0.508 e. The molecular formula is C36H42F2N6O3. The van der Waals surface area contributed by atoms with Crippen molar-refractivity contribution in [3.05, 3.63) is 47.7 Å². The number of piperazine rings is 1. The summed E-state index contributed by atoms with van der Waals surface area (Å²) in [6, 6.07) is 6.14. The van der Waals surface area contributed by atoms with Crippen LogP contribution in [0.3, 0.4) is 0 Å². The van der Waals surface area contributed by atoms with Crippen LogP contribution in [0.4, 0.5) is 14.6 Å². The monoisotopic (exact) mass is 644 g/mol. The second kappa shape index (κ2) is 11.8. The van der Waals surface area contributed by atoms with Gasteiger partial charge in [-0.3, -0.25) is 4.98 Å². The van der Waals surface area contributed by atoms with E-state index in [1.807, 2.05) is 6.92 Å². The third-order valence-electron chi connectivity index (χ3n) is 10.8. The molecule has 3 aliphatic heterocycles. The molecule has 0 radical (unpaired) electrons. The highest BCUT2D eigenvalue weighted by molar-refractivity contribution is 6.01. The van der Waals surface area contributed by atoms with Crippen LogP contribution in [0, 0.1) is 17.0 Å². The maximum absolute atomic E-state index is 16.9. The topological polar surface area (TPSA) is 87.1 Å². The Morgan fingerprint density at radius 3 is 2.55 bits per heavy atom. The first-order valence-corrected chi connectivity index (χ1v) is 17.0. The predicted octanol–water partition coefficient (Wildman–Crippen LogP) is 5.56. The third-order valence-corrected chi connectivity index (χ3v) is 10.8. The number of rotatable bonds is 8. The summed E-state index contributed by atoms with van der Waals surface area (Å²) < 4.78 is 44.3. The van der Waals surface area contributed by atoms with E-state index in [2.05, 4.69) is 31.7 Å². The number of pyridine rings is 1. The van der Waals surface area contributed by atoms with Gasteiger partial charge in [0.2, 0.25) is 0 Å². The van der Waals surface area contributed by atoms with Crippen molar-refractivity contribution >= 4 is 27.5 Å². The number of hydrogen-bond acceptors (Lipinski definition) is 9. The number of anilines is 1. The number of aryl methyl sites for hydroxylation is 1. The molecule has 4 fully saturated rings. The Hall–Kier alpha value is -3.67. The average molecular weight is 645 g/mol. The fourth-order valence-corrected chi connectivity index (χ4v) is 7.76. The van der Waals surface area contributed by atoms with Crippen molar-refractivity contribution in [2.75, 3.05) is 71.0 Å². The summed E-state index contributed by atoms with van der Waals surface area (Å²) in [7, 11) is 2.16. The van der Waals surface area contributed by atoms with Gasteiger partial charge in [0.15, 0.2) is 5.82 Å². The lowest BCUT2D eigenvalue weighted by molar-refractivity contribution is -0.151. The number of aromatic hydroxyl groups is 1. The van der Waals surface area contributed by atoms with Crippen LogP contribution < -0.4 is 9.64 Å². The number of ether oxygens (including phenoxy) is 2. The van der Waals surface area contributed by atoms with Gasteiger partial charge >= 0.3 is 6.01 Å². The van der Waals surface area contributed by atoms with Crippen LogP contribution in [0.5, 0.6) is 11.8 Å². The molecule has 2 aromatic heterocycles. The zero-order chi connectivity index (χ0) is 32.3. The summed E-state index contributed by atoms with van der Waals surface area (Å²) in [6.07, 6.45) is 7.07. The first kappa shape index (κ1) is 30.7. The van der Waals surface area contributed by atoms with Gasteiger partial charge in [0.25, 0.3) is 0 Å². The average Bonchev–Trinajstić information content (AvgIpc) is 3.83. The van der Waals surface area contributed by atoms with Crippen LogP contribution in [-0.2, 0) is 11.2 Å². The van der Waals surface area contributed by atoms with Crippen LogP contribution in [0.25, 0.3) is 32.9 Å². The number of phenolic OH excluding ortho intramolecular Hbond substituents is 1. The molecule has 8 rings (SSSR count). The minimum absolute atomic E-state index is 0.000436. The lowest BCUT2D eigenvalue weighted by atomic mass is 9.86. The Morgan fingerprint density at radius 2 is 1.83 bits per heavy atom. The molecule has 1 aliphatic carbocycles. The fourth-order valence-electron chi connectivity index (χ4n) is 7.76. The number of aromatic nitrogens is 3. The summed E-state index contributed by atoms with van der Waals surface area (Å²) in [5.41, 5.74) is 0.707. The first-order valence-electron chi connectivity index (χ1n) is 17.0. The molecule has 0 bridgehead atoms. The fraction of sp³-hybridized carbons (Fsp3) is 0.528. The third kappa shape index (κ3) is 5.66. The Morgan fingerprint density at radius 1 is 1.02 bits per heavy atom. The van der Waals surface area contributed by atoms with Crippen molar-refractivity contribution in [1.82, 2.24) is 24.8 Å². The highest BCUT2D eigenvalue weighted by Crippen LogP contribution is 2.47. The first-order chi connectivity index (χ1) is 22.8. The molecule has 4 aromatic rings. The van der Waals surface area contributed by atoms with Crippen LogP contribution in [0.2, 0.25) is 0 Å². The molecular weight excluding hydrogens is 602 g/mol. The smallest absolute Gasteiger partial charge is 0.319 e. The van der Waals surface area contributed by atoms with E-state index in [4.69, 9.17) is 14.5 Å². The van der Waals surface area contributed by atoms with Gasteiger partial charge < -0.3 is 29.3 Å². The molecule has 11 heteroatoms. The quantitative estimate of drug-likeness (QED) is 0.265. The Labute approximate surface area is 273 Å². The maximum Gasteiger partial charge on any atom is 0.319 e. The molecule has 1 atom stereocenters. The number of nitrogens with zero attached hydrogens (tertiary/aromatic N) is 6. The summed E-state index contributed by atoms with van der Waals surface area (Å²) >= 11 is 0. The lowest BCUT2D eigenvalue weighted by Crippen LogP contribution is -2.56. The van der Waals surface area contributed by atoms with Crippen molar-refractivity contribution in [2.24, 2.45) is 5.41 Å². The lowest BCUT2D eigenvalue weighted by Gasteiger charge is -2.48. The highest BCUT2D eigenvalue weighted by Gasteiger charge is 2.46. The minimum Gasteiger partial charge on any atom is -0.508 e. The highest BCUT2D eigenvalue weighted by atomic mass is 19.1. The Balaban J connectivity index is 1.20. The van der Waals surface area contributed by atoms with Gasteiger partial charge in [0, 0.05) is 69.4 Å². The normalized spacial score (nSPS) is 23.0. The van der Waals surface area contributed by atoms with Gasteiger partial charge in [-0.15, -0.1) is 0 Å². The van der Waals surface area contributed by atoms with E-state index >= 15 is 4.39 Å². The SMILES string of the molecule is CCc1c(F)ccc2cc(O)cc(-c3ncc4c(N5CCC[C@]6(CCO6)C5)nc(OCC5(CN6CCN(C)CC6)CC5)nc4c3F)c12. The van der Waals surface area contributed by atoms with Gasteiger partial charge in [-0.25, -0.2) is 8.78 Å². The van der Waals surface area contributed by atoms with E-state index in [0.29, 0.717) is 52.7 Å². The zero-order valence-corrected chi connectivity index (χ0v) is 27.2. The van der Waals surface area contributed by atoms with Gasteiger partial charge in [0.1, 0.15) is 28.6 Å². The van der Waals surface area contributed by atoms with Crippen molar-refractivity contribution in [1.29, 1.82) is 0 Å². The second-order valence-electron chi connectivity index (χ2n) is 14.2. The molecule has 9 nitrogen and oxygen atoms in total. The van der Waals surface area contributed by atoms with Crippen molar-refractivity contribution < 1.29 is 23.4 Å². The Bertz CT molecular complexity index is 1840.